The third-order valence-corrected chi connectivity index (χ3v) is 4.49. The van der Waals surface area contributed by atoms with Crippen molar-refractivity contribution in [3.63, 3.8) is 0 Å². The van der Waals surface area contributed by atoms with E-state index in [2.05, 4.69) is 5.32 Å². The molecule has 0 atom stereocenters. The van der Waals surface area contributed by atoms with E-state index in [1.54, 1.807) is 30.3 Å². The zero-order valence-corrected chi connectivity index (χ0v) is 15.9. The molecule has 0 aliphatic heterocycles. The third-order valence-electron chi connectivity index (χ3n) is 3.59. The Balaban J connectivity index is 1.84. The number of amides is 1. The SMILES string of the molecule is N#C/C(=C\c1ccc(-c2ccccc2Cl)o1)C(=O)Nc1cc(Cl)ccc1Cl. The molecule has 1 amide bonds. The second kappa shape index (κ2) is 8.32. The number of nitrogens with zero attached hydrogens (tertiary/aromatic N) is 1. The Morgan fingerprint density at radius 2 is 1.81 bits per heavy atom. The van der Waals surface area contributed by atoms with Crippen molar-refractivity contribution in [2.45, 2.75) is 0 Å². The number of carbonyl (C=O) groups excluding carboxylic acids is 1. The van der Waals surface area contributed by atoms with E-state index in [9.17, 15) is 10.1 Å². The van der Waals surface area contributed by atoms with Crippen LogP contribution < -0.4 is 5.32 Å². The maximum atomic E-state index is 12.4. The molecule has 0 aliphatic carbocycles. The number of hydrogen-bond acceptors (Lipinski definition) is 3. The predicted molar refractivity (Wildman–Crippen MR) is 108 cm³/mol. The lowest BCUT2D eigenvalue weighted by Gasteiger charge is -2.06. The van der Waals surface area contributed by atoms with Crippen LogP contribution in [0.3, 0.4) is 0 Å². The van der Waals surface area contributed by atoms with E-state index in [0.717, 1.165) is 0 Å². The van der Waals surface area contributed by atoms with Crippen molar-refractivity contribution < 1.29 is 9.21 Å². The molecule has 7 heteroatoms. The molecule has 0 saturated carbocycles. The van der Waals surface area contributed by atoms with E-state index in [4.69, 9.17) is 39.2 Å². The van der Waals surface area contributed by atoms with Gasteiger partial charge >= 0.3 is 0 Å². The Morgan fingerprint density at radius 1 is 1.04 bits per heavy atom. The van der Waals surface area contributed by atoms with Crippen molar-refractivity contribution in [2.75, 3.05) is 5.32 Å². The Morgan fingerprint density at radius 3 is 2.56 bits per heavy atom. The molecule has 0 bridgehead atoms. The summed E-state index contributed by atoms with van der Waals surface area (Å²) in [6, 6.07) is 17.1. The average Bonchev–Trinajstić information content (AvgIpc) is 3.11. The van der Waals surface area contributed by atoms with Crippen molar-refractivity contribution >= 4 is 52.5 Å². The van der Waals surface area contributed by atoms with Crippen LogP contribution in [0.25, 0.3) is 17.4 Å². The molecule has 1 aromatic heterocycles. The molecule has 0 unspecified atom stereocenters. The summed E-state index contributed by atoms with van der Waals surface area (Å²) in [6.45, 7) is 0. The van der Waals surface area contributed by atoms with Crippen molar-refractivity contribution in [3.8, 4) is 17.4 Å². The van der Waals surface area contributed by atoms with Gasteiger partial charge in [0.2, 0.25) is 0 Å². The van der Waals surface area contributed by atoms with Gasteiger partial charge in [0.25, 0.3) is 5.91 Å². The highest BCUT2D eigenvalue weighted by molar-refractivity contribution is 6.36. The second-order valence-corrected chi connectivity index (χ2v) is 6.68. The van der Waals surface area contributed by atoms with Crippen LogP contribution in [0.1, 0.15) is 5.76 Å². The van der Waals surface area contributed by atoms with Crippen molar-refractivity contribution in [1.82, 2.24) is 0 Å². The summed E-state index contributed by atoms with van der Waals surface area (Å²) in [5.74, 6) is 0.244. The van der Waals surface area contributed by atoms with E-state index in [-0.39, 0.29) is 5.57 Å². The van der Waals surface area contributed by atoms with Gasteiger partial charge in [0.15, 0.2) is 0 Å². The number of nitriles is 1. The molecule has 1 heterocycles. The summed E-state index contributed by atoms with van der Waals surface area (Å²) in [5, 5.41) is 13.1. The van der Waals surface area contributed by atoms with E-state index in [0.29, 0.717) is 37.8 Å². The number of nitrogens with one attached hydrogen (secondary N) is 1. The normalized spacial score (nSPS) is 11.1. The lowest BCUT2D eigenvalue weighted by molar-refractivity contribution is -0.112. The molecule has 0 aliphatic rings. The molecule has 0 spiro atoms. The first-order valence-corrected chi connectivity index (χ1v) is 8.84. The standard InChI is InChI=1S/C20H11Cl3N2O2/c21-13-5-7-17(23)18(10-13)25-20(26)12(11-24)9-14-6-8-19(27-14)15-3-1-2-4-16(15)22/h1-10H,(H,25,26)/b12-9+. The minimum Gasteiger partial charge on any atom is -0.457 e. The Hall–Kier alpha value is -2.71. The van der Waals surface area contributed by atoms with E-state index >= 15 is 0 Å². The first-order valence-electron chi connectivity index (χ1n) is 7.71. The van der Waals surface area contributed by atoms with Gasteiger partial charge in [-0.05, 0) is 42.5 Å². The molecule has 3 rings (SSSR count). The van der Waals surface area contributed by atoms with Crippen LogP contribution in [0.4, 0.5) is 5.69 Å². The topological polar surface area (TPSA) is 66.0 Å². The number of carbonyl (C=O) groups is 1. The van der Waals surface area contributed by atoms with Crippen molar-refractivity contribution in [3.05, 3.63) is 81.0 Å². The minimum absolute atomic E-state index is 0.147. The van der Waals surface area contributed by atoms with E-state index in [1.165, 1.54) is 12.1 Å². The Bertz CT molecular complexity index is 1080. The minimum atomic E-state index is -0.627. The van der Waals surface area contributed by atoms with Crippen LogP contribution in [0.15, 0.2) is 64.6 Å². The van der Waals surface area contributed by atoms with Gasteiger partial charge in [-0.25, -0.2) is 0 Å². The molecule has 134 valence electrons. The molecule has 27 heavy (non-hydrogen) atoms. The van der Waals surface area contributed by atoms with Gasteiger partial charge in [-0.1, -0.05) is 46.9 Å². The third kappa shape index (κ3) is 4.53. The highest BCUT2D eigenvalue weighted by atomic mass is 35.5. The fourth-order valence-corrected chi connectivity index (χ4v) is 2.88. The van der Waals surface area contributed by atoms with E-state index < -0.39 is 5.91 Å². The first-order chi connectivity index (χ1) is 13.0. The Labute approximate surface area is 170 Å². The van der Waals surface area contributed by atoms with Gasteiger partial charge in [-0.15, -0.1) is 0 Å². The van der Waals surface area contributed by atoms with E-state index in [1.807, 2.05) is 24.3 Å². The molecular formula is C20H11Cl3N2O2. The molecule has 0 radical (unpaired) electrons. The largest absolute Gasteiger partial charge is 0.457 e. The van der Waals surface area contributed by atoms with Crippen LogP contribution >= 0.6 is 34.8 Å². The molecule has 0 saturated heterocycles. The lowest BCUT2D eigenvalue weighted by Crippen LogP contribution is -2.13. The highest BCUT2D eigenvalue weighted by Gasteiger charge is 2.14. The summed E-state index contributed by atoms with van der Waals surface area (Å²) < 4.78 is 5.69. The maximum Gasteiger partial charge on any atom is 0.266 e. The number of benzene rings is 2. The second-order valence-electron chi connectivity index (χ2n) is 5.43. The molecule has 4 nitrogen and oxygen atoms in total. The van der Waals surface area contributed by atoms with Crippen LogP contribution in [0.2, 0.25) is 15.1 Å². The zero-order valence-electron chi connectivity index (χ0n) is 13.7. The van der Waals surface area contributed by atoms with Crippen LogP contribution in [0, 0.1) is 11.3 Å². The molecule has 1 N–H and O–H groups in total. The summed E-state index contributed by atoms with van der Waals surface area (Å²) in [6.07, 6.45) is 1.34. The summed E-state index contributed by atoms with van der Waals surface area (Å²) in [7, 11) is 0. The van der Waals surface area contributed by atoms with Gasteiger partial charge in [0.05, 0.1) is 15.7 Å². The quantitative estimate of drug-likeness (QED) is 0.392. The molecule has 2 aromatic carbocycles. The number of furan rings is 1. The number of halogens is 3. The summed E-state index contributed by atoms with van der Waals surface area (Å²) in [5.41, 5.74) is 0.880. The monoisotopic (exact) mass is 416 g/mol. The van der Waals surface area contributed by atoms with Gasteiger partial charge in [0.1, 0.15) is 23.2 Å². The van der Waals surface area contributed by atoms with Gasteiger partial charge in [0, 0.05) is 16.7 Å². The zero-order chi connectivity index (χ0) is 19.4. The Kier molecular flexibility index (Phi) is 5.88. The van der Waals surface area contributed by atoms with Crippen LogP contribution in [0.5, 0.6) is 0 Å². The van der Waals surface area contributed by atoms with Gasteiger partial charge < -0.3 is 9.73 Å². The van der Waals surface area contributed by atoms with Gasteiger partial charge in [-0.2, -0.15) is 5.26 Å². The molecular weight excluding hydrogens is 407 g/mol. The smallest absolute Gasteiger partial charge is 0.266 e. The van der Waals surface area contributed by atoms with Crippen molar-refractivity contribution in [2.24, 2.45) is 0 Å². The van der Waals surface area contributed by atoms with Crippen molar-refractivity contribution in [1.29, 1.82) is 5.26 Å². The average molecular weight is 418 g/mol. The number of rotatable bonds is 4. The predicted octanol–water partition coefficient (Wildman–Crippen LogP) is 6.45. The number of anilines is 1. The number of hydrogen-bond donors (Lipinski definition) is 1. The summed E-state index contributed by atoms with van der Waals surface area (Å²) >= 11 is 18.1. The van der Waals surface area contributed by atoms with Crippen LogP contribution in [-0.4, -0.2) is 5.91 Å². The fourth-order valence-electron chi connectivity index (χ4n) is 2.31. The van der Waals surface area contributed by atoms with Crippen LogP contribution in [-0.2, 0) is 4.79 Å². The lowest BCUT2D eigenvalue weighted by atomic mass is 10.2. The molecule has 0 fully saturated rings. The first kappa shape index (κ1) is 19.1. The fraction of sp³-hybridized carbons (Fsp3) is 0. The van der Waals surface area contributed by atoms with Gasteiger partial charge in [-0.3, -0.25) is 4.79 Å². The highest BCUT2D eigenvalue weighted by Crippen LogP contribution is 2.30. The molecule has 3 aromatic rings. The maximum absolute atomic E-state index is 12.4. The summed E-state index contributed by atoms with van der Waals surface area (Å²) in [4.78, 5) is 12.4.